The normalized spacial score (nSPS) is 21.0. The number of carboxylic acids is 1. The number of para-hydroxylation sites is 1. The fourth-order valence-corrected chi connectivity index (χ4v) is 3.49. The molecule has 0 saturated carbocycles. The number of furan rings is 1. The first-order chi connectivity index (χ1) is 10.1. The Labute approximate surface area is 124 Å². The van der Waals surface area contributed by atoms with Crippen LogP contribution in [-0.4, -0.2) is 28.6 Å². The first-order valence-corrected chi connectivity index (χ1v) is 7.62. The summed E-state index contributed by atoms with van der Waals surface area (Å²) in [6.45, 7) is 4.99. The van der Waals surface area contributed by atoms with Crippen molar-refractivity contribution >= 4 is 16.9 Å². The number of aliphatic carboxylic acids is 1. The van der Waals surface area contributed by atoms with Crippen molar-refractivity contribution in [2.75, 3.05) is 6.54 Å². The van der Waals surface area contributed by atoms with E-state index in [-0.39, 0.29) is 6.04 Å². The van der Waals surface area contributed by atoms with Crippen LogP contribution in [0.2, 0.25) is 0 Å². The number of likely N-dealkylation sites (tertiary alicyclic amines) is 1. The van der Waals surface area contributed by atoms with E-state index in [1.54, 1.807) is 0 Å². The molecule has 0 radical (unpaired) electrons. The van der Waals surface area contributed by atoms with Crippen molar-refractivity contribution in [1.82, 2.24) is 4.90 Å². The zero-order chi connectivity index (χ0) is 15.0. The van der Waals surface area contributed by atoms with Crippen molar-refractivity contribution in [2.24, 2.45) is 0 Å². The molecule has 1 N–H and O–H groups in total. The molecule has 4 nitrogen and oxygen atoms in total. The van der Waals surface area contributed by atoms with Gasteiger partial charge in [-0.25, -0.2) is 0 Å². The molecule has 2 aromatic rings. The molecule has 1 aliphatic heterocycles. The Morgan fingerprint density at radius 1 is 1.48 bits per heavy atom. The van der Waals surface area contributed by atoms with Gasteiger partial charge in [-0.3, -0.25) is 9.69 Å². The molecular weight excluding hydrogens is 266 g/mol. The lowest BCUT2D eigenvalue weighted by atomic mass is 10.0. The van der Waals surface area contributed by atoms with Crippen LogP contribution < -0.4 is 0 Å². The molecule has 4 heteroatoms. The van der Waals surface area contributed by atoms with Gasteiger partial charge >= 0.3 is 5.97 Å². The van der Waals surface area contributed by atoms with E-state index in [0.29, 0.717) is 0 Å². The fourth-order valence-electron chi connectivity index (χ4n) is 3.49. The van der Waals surface area contributed by atoms with Crippen LogP contribution in [0.15, 0.2) is 28.7 Å². The van der Waals surface area contributed by atoms with Crippen molar-refractivity contribution in [3.8, 4) is 0 Å². The number of hydrogen-bond acceptors (Lipinski definition) is 3. The summed E-state index contributed by atoms with van der Waals surface area (Å²) in [5.41, 5.74) is 2.09. The third-order valence-electron chi connectivity index (χ3n) is 4.54. The number of hydrogen-bond donors (Lipinski definition) is 1. The van der Waals surface area contributed by atoms with Crippen molar-refractivity contribution in [1.29, 1.82) is 0 Å². The molecule has 1 saturated heterocycles. The lowest BCUT2D eigenvalue weighted by Gasteiger charge is -2.27. The van der Waals surface area contributed by atoms with E-state index in [9.17, 15) is 9.90 Å². The highest BCUT2D eigenvalue weighted by molar-refractivity contribution is 5.82. The third kappa shape index (κ3) is 2.33. The molecule has 112 valence electrons. The smallest absolute Gasteiger partial charge is 0.320 e. The van der Waals surface area contributed by atoms with Crippen molar-refractivity contribution < 1.29 is 14.3 Å². The predicted octanol–water partition coefficient (Wildman–Crippen LogP) is 3.61. The molecule has 3 rings (SSSR count). The third-order valence-corrected chi connectivity index (χ3v) is 4.54. The average molecular weight is 287 g/mol. The minimum Gasteiger partial charge on any atom is -0.480 e. The SMILES string of the molecule is CCc1c(C(C)N2CCCC2C(=O)O)oc2ccccc12. The summed E-state index contributed by atoms with van der Waals surface area (Å²) in [6.07, 6.45) is 2.55. The zero-order valence-corrected chi connectivity index (χ0v) is 12.5. The van der Waals surface area contributed by atoms with Gasteiger partial charge in [-0.2, -0.15) is 0 Å². The Morgan fingerprint density at radius 3 is 2.95 bits per heavy atom. The van der Waals surface area contributed by atoms with Crippen LogP contribution in [0.1, 0.15) is 44.1 Å². The topological polar surface area (TPSA) is 53.7 Å². The molecule has 2 heterocycles. The highest BCUT2D eigenvalue weighted by atomic mass is 16.4. The quantitative estimate of drug-likeness (QED) is 0.933. The van der Waals surface area contributed by atoms with Crippen LogP contribution in [-0.2, 0) is 11.2 Å². The number of carbonyl (C=O) groups is 1. The second-order valence-corrected chi connectivity index (χ2v) is 5.70. The lowest BCUT2D eigenvalue weighted by molar-refractivity contribution is -0.143. The van der Waals surface area contributed by atoms with E-state index in [1.165, 1.54) is 5.56 Å². The number of aryl methyl sites for hydroxylation is 1. The minimum atomic E-state index is -0.728. The highest BCUT2D eigenvalue weighted by Crippen LogP contribution is 2.36. The second kappa shape index (κ2) is 5.53. The molecule has 2 atom stereocenters. The standard InChI is InChI=1S/C17H21NO3/c1-3-12-13-7-4-5-9-15(13)21-16(12)11(2)18-10-6-8-14(18)17(19)20/h4-5,7,9,11,14H,3,6,8,10H2,1-2H3,(H,19,20). The summed E-state index contributed by atoms with van der Waals surface area (Å²) in [7, 11) is 0. The zero-order valence-electron chi connectivity index (χ0n) is 12.5. The molecule has 1 aromatic carbocycles. The molecule has 0 aliphatic carbocycles. The maximum Gasteiger partial charge on any atom is 0.320 e. The lowest BCUT2D eigenvalue weighted by Crippen LogP contribution is -2.37. The van der Waals surface area contributed by atoms with Gasteiger partial charge < -0.3 is 9.52 Å². The maximum atomic E-state index is 11.4. The summed E-state index contributed by atoms with van der Waals surface area (Å²) in [5.74, 6) is 0.195. The minimum absolute atomic E-state index is 0.00375. The van der Waals surface area contributed by atoms with Crippen LogP contribution >= 0.6 is 0 Å². The largest absolute Gasteiger partial charge is 0.480 e. The Hall–Kier alpha value is -1.81. The van der Waals surface area contributed by atoms with Gasteiger partial charge in [0, 0.05) is 10.9 Å². The van der Waals surface area contributed by atoms with E-state index in [4.69, 9.17) is 4.42 Å². The van der Waals surface area contributed by atoms with Gasteiger partial charge in [-0.05, 0) is 38.8 Å². The Kier molecular flexibility index (Phi) is 3.72. The summed E-state index contributed by atoms with van der Waals surface area (Å²) >= 11 is 0. The maximum absolute atomic E-state index is 11.4. The second-order valence-electron chi connectivity index (χ2n) is 5.70. The van der Waals surface area contributed by atoms with Gasteiger partial charge in [0.05, 0.1) is 6.04 Å². The van der Waals surface area contributed by atoms with E-state index in [0.717, 1.165) is 42.5 Å². The van der Waals surface area contributed by atoms with Crippen LogP contribution in [0, 0.1) is 0 Å². The molecule has 1 aliphatic rings. The predicted molar refractivity (Wildman–Crippen MR) is 81.4 cm³/mol. The van der Waals surface area contributed by atoms with Crippen molar-refractivity contribution in [3.05, 3.63) is 35.6 Å². The van der Waals surface area contributed by atoms with Crippen LogP contribution in [0.25, 0.3) is 11.0 Å². The first-order valence-electron chi connectivity index (χ1n) is 7.62. The molecule has 21 heavy (non-hydrogen) atoms. The van der Waals surface area contributed by atoms with E-state index in [2.05, 4.69) is 24.8 Å². The summed E-state index contributed by atoms with van der Waals surface area (Å²) < 4.78 is 6.06. The molecule has 0 spiro atoms. The van der Waals surface area contributed by atoms with Gasteiger partial charge in [0.2, 0.25) is 0 Å². The Morgan fingerprint density at radius 2 is 2.24 bits per heavy atom. The Balaban J connectivity index is 2.01. The molecule has 1 fully saturated rings. The Bertz CT molecular complexity index is 661. The van der Waals surface area contributed by atoms with Crippen LogP contribution in [0.3, 0.4) is 0 Å². The molecule has 2 unspecified atom stereocenters. The number of rotatable bonds is 4. The number of benzene rings is 1. The molecular formula is C17H21NO3. The van der Waals surface area contributed by atoms with E-state index in [1.807, 2.05) is 18.2 Å². The van der Waals surface area contributed by atoms with Gasteiger partial charge in [0.15, 0.2) is 0 Å². The van der Waals surface area contributed by atoms with Gasteiger partial charge in [-0.1, -0.05) is 25.1 Å². The first kappa shape index (κ1) is 14.1. The average Bonchev–Trinajstić information content (AvgIpc) is 3.10. The summed E-state index contributed by atoms with van der Waals surface area (Å²) in [5, 5.41) is 10.5. The van der Waals surface area contributed by atoms with Gasteiger partial charge in [0.25, 0.3) is 0 Å². The van der Waals surface area contributed by atoms with Crippen molar-refractivity contribution in [3.63, 3.8) is 0 Å². The highest BCUT2D eigenvalue weighted by Gasteiger charge is 2.36. The molecule has 1 aromatic heterocycles. The van der Waals surface area contributed by atoms with Gasteiger partial charge in [0.1, 0.15) is 17.4 Å². The van der Waals surface area contributed by atoms with Crippen LogP contribution in [0.4, 0.5) is 0 Å². The van der Waals surface area contributed by atoms with Crippen LogP contribution in [0.5, 0.6) is 0 Å². The van der Waals surface area contributed by atoms with E-state index >= 15 is 0 Å². The number of carboxylic acid groups (broad SMARTS) is 1. The fraction of sp³-hybridized carbons (Fsp3) is 0.471. The van der Waals surface area contributed by atoms with Crippen molar-refractivity contribution in [2.45, 2.75) is 45.2 Å². The molecule has 0 amide bonds. The summed E-state index contributed by atoms with van der Waals surface area (Å²) in [4.78, 5) is 13.5. The number of nitrogens with zero attached hydrogens (tertiary/aromatic N) is 1. The monoisotopic (exact) mass is 287 g/mol. The van der Waals surface area contributed by atoms with Gasteiger partial charge in [-0.15, -0.1) is 0 Å². The summed E-state index contributed by atoms with van der Waals surface area (Å²) in [6, 6.07) is 7.64. The molecule has 0 bridgehead atoms. The number of fused-ring (bicyclic) bond motifs is 1. The van der Waals surface area contributed by atoms with E-state index < -0.39 is 12.0 Å².